The number of aryl methyl sites for hydroxylation is 1. The van der Waals surface area contributed by atoms with Crippen LogP contribution >= 0.6 is 0 Å². The molecule has 2 N–H and O–H groups in total. The van der Waals surface area contributed by atoms with E-state index in [9.17, 15) is 19.5 Å². The van der Waals surface area contributed by atoms with Crippen molar-refractivity contribution in [3.8, 4) is 0 Å². The van der Waals surface area contributed by atoms with Crippen molar-refractivity contribution < 1.29 is 19.5 Å². The average molecular weight is 318 g/mol. The van der Waals surface area contributed by atoms with E-state index in [1.165, 1.54) is 6.07 Å². The van der Waals surface area contributed by atoms with Crippen molar-refractivity contribution in [2.75, 3.05) is 13.1 Å². The Morgan fingerprint density at radius 1 is 1.35 bits per heavy atom. The summed E-state index contributed by atoms with van der Waals surface area (Å²) in [6.07, 6.45) is 0.547. The van der Waals surface area contributed by atoms with Crippen LogP contribution in [0.1, 0.15) is 36.2 Å². The molecule has 6 heteroatoms. The number of carbonyl (C=O) groups is 3. The van der Waals surface area contributed by atoms with E-state index in [-0.39, 0.29) is 29.7 Å². The van der Waals surface area contributed by atoms with Crippen LogP contribution in [0.2, 0.25) is 0 Å². The Morgan fingerprint density at radius 3 is 2.70 bits per heavy atom. The molecule has 0 aliphatic carbocycles. The molecule has 1 heterocycles. The van der Waals surface area contributed by atoms with Crippen molar-refractivity contribution in [1.82, 2.24) is 10.2 Å². The van der Waals surface area contributed by atoms with Gasteiger partial charge >= 0.3 is 5.97 Å². The van der Waals surface area contributed by atoms with Crippen LogP contribution in [-0.4, -0.2) is 46.9 Å². The molecule has 23 heavy (non-hydrogen) atoms. The first-order valence-electron chi connectivity index (χ1n) is 7.80. The van der Waals surface area contributed by atoms with Crippen LogP contribution in [0.4, 0.5) is 0 Å². The molecule has 6 nitrogen and oxygen atoms in total. The highest BCUT2D eigenvalue weighted by Gasteiger charge is 2.34. The summed E-state index contributed by atoms with van der Waals surface area (Å²) in [4.78, 5) is 37.3. The van der Waals surface area contributed by atoms with Gasteiger partial charge in [-0.3, -0.25) is 9.59 Å². The maximum Gasteiger partial charge on any atom is 0.335 e. The fourth-order valence-electron chi connectivity index (χ4n) is 2.96. The normalized spacial score (nSPS) is 18.0. The van der Waals surface area contributed by atoms with Crippen LogP contribution in [0.25, 0.3) is 0 Å². The van der Waals surface area contributed by atoms with Gasteiger partial charge in [-0.05, 0) is 24.0 Å². The summed E-state index contributed by atoms with van der Waals surface area (Å²) in [6.45, 7) is 4.78. The van der Waals surface area contributed by atoms with E-state index in [0.29, 0.717) is 25.1 Å². The number of nitrogens with one attached hydrogen (secondary N) is 1. The molecule has 1 aromatic rings. The van der Waals surface area contributed by atoms with Gasteiger partial charge in [0.15, 0.2) is 0 Å². The summed E-state index contributed by atoms with van der Waals surface area (Å²) in [7, 11) is 0. The Hall–Kier alpha value is -2.37. The molecule has 1 aliphatic heterocycles. The fourth-order valence-corrected chi connectivity index (χ4v) is 2.96. The van der Waals surface area contributed by atoms with Gasteiger partial charge < -0.3 is 15.3 Å². The molecule has 0 saturated carbocycles. The fraction of sp³-hybridized carbons (Fsp3) is 0.471. The molecular formula is C17H22N2O4. The van der Waals surface area contributed by atoms with Gasteiger partial charge in [-0.1, -0.05) is 32.0 Å². The highest BCUT2D eigenvalue weighted by Crippen LogP contribution is 2.17. The SMILES string of the molecule is CC(C)C1C(=O)NCCN1C(=O)CCc1ccccc1C(=O)O. The number of aromatic carboxylic acids is 1. The van der Waals surface area contributed by atoms with E-state index in [1.807, 2.05) is 13.8 Å². The average Bonchev–Trinajstić information content (AvgIpc) is 2.52. The zero-order chi connectivity index (χ0) is 17.0. The van der Waals surface area contributed by atoms with Crippen molar-refractivity contribution in [1.29, 1.82) is 0 Å². The lowest BCUT2D eigenvalue weighted by Crippen LogP contribution is -2.59. The zero-order valence-electron chi connectivity index (χ0n) is 13.4. The predicted molar refractivity (Wildman–Crippen MR) is 85.1 cm³/mol. The molecule has 1 saturated heterocycles. The summed E-state index contributed by atoms with van der Waals surface area (Å²) in [5.41, 5.74) is 0.855. The van der Waals surface area contributed by atoms with Crippen LogP contribution in [0.3, 0.4) is 0 Å². The minimum absolute atomic E-state index is 0.0329. The van der Waals surface area contributed by atoms with Gasteiger partial charge in [-0.2, -0.15) is 0 Å². The maximum atomic E-state index is 12.5. The van der Waals surface area contributed by atoms with Crippen LogP contribution in [0.15, 0.2) is 24.3 Å². The number of amides is 2. The van der Waals surface area contributed by atoms with Crippen molar-refractivity contribution in [3.63, 3.8) is 0 Å². The van der Waals surface area contributed by atoms with E-state index in [1.54, 1.807) is 23.1 Å². The maximum absolute atomic E-state index is 12.5. The smallest absolute Gasteiger partial charge is 0.335 e. The summed E-state index contributed by atoms with van der Waals surface area (Å²) < 4.78 is 0. The van der Waals surface area contributed by atoms with Crippen molar-refractivity contribution >= 4 is 17.8 Å². The van der Waals surface area contributed by atoms with Crippen LogP contribution < -0.4 is 5.32 Å². The Balaban J connectivity index is 2.07. The molecule has 1 aliphatic rings. The first-order chi connectivity index (χ1) is 10.9. The third-order valence-electron chi connectivity index (χ3n) is 4.06. The molecule has 0 radical (unpaired) electrons. The van der Waals surface area contributed by atoms with Gasteiger partial charge in [0.25, 0.3) is 0 Å². The number of benzene rings is 1. The zero-order valence-corrected chi connectivity index (χ0v) is 13.4. The first-order valence-corrected chi connectivity index (χ1v) is 7.80. The second-order valence-electron chi connectivity index (χ2n) is 6.03. The molecule has 0 bridgehead atoms. The minimum atomic E-state index is -0.995. The number of carbonyl (C=O) groups excluding carboxylic acids is 2. The number of piperazine rings is 1. The first kappa shape index (κ1) is 17.0. The lowest BCUT2D eigenvalue weighted by Gasteiger charge is -2.37. The van der Waals surface area contributed by atoms with Crippen LogP contribution in [0.5, 0.6) is 0 Å². The molecule has 1 atom stereocenters. The molecule has 1 unspecified atom stereocenters. The lowest BCUT2D eigenvalue weighted by atomic mass is 9.98. The summed E-state index contributed by atoms with van der Waals surface area (Å²) in [5, 5.41) is 12.0. The second kappa shape index (κ2) is 7.26. The minimum Gasteiger partial charge on any atom is -0.478 e. The molecular weight excluding hydrogens is 296 g/mol. The summed E-state index contributed by atoms with van der Waals surface area (Å²) >= 11 is 0. The third-order valence-corrected chi connectivity index (χ3v) is 4.06. The third kappa shape index (κ3) is 3.88. The van der Waals surface area contributed by atoms with Crippen molar-refractivity contribution in [2.45, 2.75) is 32.7 Å². The van der Waals surface area contributed by atoms with Gasteiger partial charge in [-0.25, -0.2) is 4.79 Å². The van der Waals surface area contributed by atoms with Crippen molar-refractivity contribution in [2.24, 2.45) is 5.92 Å². The Labute approximate surface area is 135 Å². The Bertz CT molecular complexity index is 612. The molecule has 2 rings (SSSR count). The molecule has 124 valence electrons. The number of hydrogen-bond donors (Lipinski definition) is 2. The van der Waals surface area contributed by atoms with Gasteiger partial charge in [0.1, 0.15) is 6.04 Å². The standard InChI is InChI=1S/C17H22N2O4/c1-11(2)15-16(21)18-9-10-19(15)14(20)8-7-12-5-3-4-6-13(12)17(22)23/h3-6,11,15H,7-10H2,1-2H3,(H,18,21)(H,22,23). The number of rotatable bonds is 5. The second-order valence-corrected chi connectivity index (χ2v) is 6.03. The molecule has 0 spiro atoms. The molecule has 1 fully saturated rings. The topological polar surface area (TPSA) is 86.7 Å². The van der Waals surface area contributed by atoms with Gasteiger partial charge in [0.05, 0.1) is 5.56 Å². The Kier molecular flexibility index (Phi) is 5.36. The molecule has 0 aromatic heterocycles. The van der Waals surface area contributed by atoms with E-state index >= 15 is 0 Å². The van der Waals surface area contributed by atoms with Crippen molar-refractivity contribution in [3.05, 3.63) is 35.4 Å². The van der Waals surface area contributed by atoms with Gasteiger partial charge in [-0.15, -0.1) is 0 Å². The summed E-state index contributed by atoms with van der Waals surface area (Å²) in [5.74, 6) is -1.19. The van der Waals surface area contributed by atoms with Gasteiger partial charge in [0.2, 0.25) is 11.8 Å². The number of carboxylic acid groups (broad SMARTS) is 1. The lowest BCUT2D eigenvalue weighted by molar-refractivity contribution is -0.145. The monoisotopic (exact) mass is 318 g/mol. The number of hydrogen-bond acceptors (Lipinski definition) is 3. The number of carboxylic acids is 1. The number of nitrogens with zero attached hydrogens (tertiary/aromatic N) is 1. The van der Waals surface area contributed by atoms with E-state index in [4.69, 9.17) is 0 Å². The van der Waals surface area contributed by atoms with E-state index in [2.05, 4.69) is 5.32 Å². The van der Waals surface area contributed by atoms with Crippen LogP contribution in [-0.2, 0) is 16.0 Å². The molecule has 1 aromatic carbocycles. The largest absolute Gasteiger partial charge is 0.478 e. The van der Waals surface area contributed by atoms with E-state index < -0.39 is 12.0 Å². The Morgan fingerprint density at radius 2 is 2.04 bits per heavy atom. The highest BCUT2D eigenvalue weighted by molar-refractivity contribution is 5.90. The quantitative estimate of drug-likeness (QED) is 0.857. The predicted octanol–water partition coefficient (Wildman–Crippen LogP) is 1.30. The van der Waals surface area contributed by atoms with E-state index in [0.717, 1.165) is 0 Å². The summed E-state index contributed by atoms with van der Waals surface area (Å²) in [6, 6.07) is 6.23. The highest BCUT2D eigenvalue weighted by atomic mass is 16.4. The van der Waals surface area contributed by atoms with Crippen LogP contribution in [0, 0.1) is 5.92 Å². The molecule has 2 amide bonds. The van der Waals surface area contributed by atoms with Gasteiger partial charge in [0, 0.05) is 19.5 Å².